The number of amides is 1. The number of hydrogen-bond acceptors (Lipinski definition) is 11. The number of rotatable bonds is 5. The second-order valence-corrected chi connectivity index (χ2v) is 12.2. The quantitative estimate of drug-likeness (QED) is 0.187. The number of hydrogen-bond donors (Lipinski definition) is 6. The average Bonchev–Trinajstić information content (AvgIpc) is 3.43. The fraction of sp³-hybridized carbons (Fsp3) is 0.290. The van der Waals surface area contributed by atoms with E-state index in [0.717, 1.165) is 11.3 Å². The number of thiazole rings is 1. The number of nitrogens with two attached hydrogens (primary N) is 1. The summed E-state index contributed by atoms with van der Waals surface area (Å²) in [5.41, 5.74) is 6.80. The number of primary amides is 1. The van der Waals surface area contributed by atoms with Crippen LogP contribution in [0.25, 0.3) is 11.3 Å². The molecular formula is C31H30N4O7S. The van der Waals surface area contributed by atoms with E-state index >= 15 is 0 Å². The normalized spacial score (nSPS) is 26.7. The van der Waals surface area contributed by atoms with Crippen LogP contribution in [0.1, 0.15) is 28.8 Å². The molecule has 43 heavy (non-hydrogen) atoms. The molecule has 0 fully saturated rings. The summed E-state index contributed by atoms with van der Waals surface area (Å²) in [6.45, 7) is 1.76. The zero-order chi connectivity index (χ0) is 30.9. The van der Waals surface area contributed by atoms with E-state index in [-0.39, 0.29) is 22.6 Å². The van der Waals surface area contributed by atoms with Gasteiger partial charge in [-0.05, 0) is 31.6 Å². The van der Waals surface area contributed by atoms with Crippen molar-refractivity contribution < 1.29 is 34.8 Å². The standard InChI is InChI=1S/C31H30N4O7S/c1-12-14-9-10-15(33-31-34-16(11-43-31)13-7-5-4-6-8-13)24(36)18(14)26(38)20-17(12)25(37)19-21(27(20)39)28(40)22(30(32)42)29(41)23(19)35(2)3/h4-12,17,19,21,23,25,36-37,39,41H,1-3H3,(H2,32,42)(H,33,34)/t12-,17?,19?,21?,23-,25-/m0/s1. The molecule has 0 bridgehead atoms. The van der Waals surface area contributed by atoms with Crippen molar-refractivity contribution in [3.8, 4) is 17.0 Å². The highest BCUT2D eigenvalue weighted by Crippen LogP contribution is 2.54. The number of carbonyl (C=O) groups excluding carboxylic acids is 3. The molecule has 6 rings (SSSR count). The number of carbonyl (C=O) groups is 3. The van der Waals surface area contributed by atoms with E-state index in [1.165, 1.54) is 16.2 Å². The summed E-state index contributed by atoms with van der Waals surface area (Å²) in [7, 11) is 3.19. The zero-order valence-corrected chi connectivity index (χ0v) is 24.3. The van der Waals surface area contributed by atoms with Crippen molar-refractivity contribution in [3.05, 3.63) is 81.6 Å². The minimum atomic E-state index is -1.50. The lowest BCUT2D eigenvalue weighted by molar-refractivity contribution is -0.131. The first-order chi connectivity index (χ1) is 20.4. The molecule has 1 amide bonds. The molecule has 0 saturated carbocycles. The van der Waals surface area contributed by atoms with Crippen LogP contribution in [-0.2, 0) is 9.59 Å². The van der Waals surface area contributed by atoms with E-state index in [1.807, 2.05) is 35.7 Å². The maximum Gasteiger partial charge on any atom is 0.255 e. The Morgan fingerprint density at radius 1 is 1.05 bits per heavy atom. The number of aromatic nitrogens is 1. The highest BCUT2D eigenvalue weighted by atomic mass is 32.1. The fourth-order valence-corrected chi connectivity index (χ4v) is 7.63. The van der Waals surface area contributed by atoms with Gasteiger partial charge < -0.3 is 31.5 Å². The highest BCUT2D eigenvalue weighted by molar-refractivity contribution is 7.14. The Kier molecular flexibility index (Phi) is 6.87. The molecule has 3 aromatic rings. The Morgan fingerprint density at radius 2 is 1.74 bits per heavy atom. The van der Waals surface area contributed by atoms with Crippen LogP contribution < -0.4 is 11.1 Å². The number of nitrogens with one attached hydrogen (secondary N) is 1. The van der Waals surface area contributed by atoms with Crippen molar-refractivity contribution in [2.45, 2.75) is 25.0 Å². The van der Waals surface area contributed by atoms with Gasteiger partial charge in [0.15, 0.2) is 22.4 Å². The number of aromatic hydroxyl groups is 1. The first kappa shape index (κ1) is 28.6. The van der Waals surface area contributed by atoms with Crippen LogP contribution in [0.3, 0.4) is 0 Å². The minimum absolute atomic E-state index is 0.0679. The molecule has 3 unspecified atom stereocenters. The molecule has 12 heteroatoms. The lowest BCUT2D eigenvalue weighted by atomic mass is 9.57. The van der Waals surface area contributed by atoms with Gasteiger partial charge in [0.05, 0.1) is 35.0 Å². The molecule has 0 saturated heterocycles. The summed E-state index contributed by atoms with van der Waals surface area (Å²) in [5, 5.41) is 50.9. The molecule has 6 atom stereocenters. The summed E-state index contributed by atoms with van der Waals surface area (Å²) in [4.78, 5) is 45.8. The topological polar surface area (TPSA) is 186 Å². The average molecular weight is 603 g/mol. The van der Waals surface area contributed by atoms with Gasteiger partial charge in [-0.15, -0.1) is 11.3 Å². The van der Waals surface area contributed by atoms with Gasteiger partial charge in [-0.25, -0.2) is 4.98 Å². The number of Topliss-reactive ketones (excluding diaryl/α,β-unsaturated/α-hetero) is 2. The van der Waals surface area contributed by atoms with Crippen molar-refractivity contribution in [1.29, 1.82) is 0 Å². The Bertz CT molecular complexity index is 1750. The summed E-state index contributed by atoms with van der Waals surface area (Å²) in [5.74, 6) is -8.55. The molecule has 1 heterocycles. The third-order valence-electron chi connectivity index (χ3n) is 8.81. The maximum atomic E-state index is 14.0. The Morgan fingerprint density at radius 3 is 2.40 bits per heavy atom. The molecule has 3 aliphatic rings. The van der Waals surface area contributed by atoms with Gasteiger partial charge in [0, 0.05) is 28.4 Å². The van der Waals surface area contributed by atoms with E-state index in [0.29, 0.717) is 10.7 Å². The molecule has 1 aromatic heterocycles. The Balaban J connectivity index is 1.43. The number of allylic oxidation sites excluding steroid dienone is 1. The van der Waals surface area contributed by atoms with Gasteiger partial charge in [0.1, 0.15) is 17.1 Å². The van der Waals surface area contributed by atoms with Gasteiger partial charge in [-0.1, -0.05) is 43.3 Å². The number of anilines is 2. The molecule has 7 N–H and O–H groups in total. The van der Waals surface area contributed by atoms with Crippen molar-refractivity contribution >= 4 is 39.6 Å². The molecule has 3 aliphatic carbocycles. The summed E-state index contributed by atoms with van der Waals surface area (Å²) in [6.07, 6.45) is -1.37. The molecule has 0 aliphatic heterocycles. The summed E-state index contributed by atoms with van der Waals surface area (Å²) >= 11 is 1.32. The molecular weight excluding hydrogens is 572 g/mol. The molecule has 2 aromatic carbocycles. The number of fused-ring (bicyclic) bond motifs is 3. The first-order valence-electron chi connectivity index (χ1n) is 13.7. The van der Waals surface area contributed by atoms with Crippen LogP contribution >= 0.6 is 11.3 Å². The molecule has 222 valence electrons. The van der Waals surface area contributed by atoms with Gasteiger partial charge in [-0.3, -0.25) is 19.3 Å². The lowest BCUT2D eigenvalue weighted by Crippen LogP contribution is -2.59. The fourth-order valence-electron chi connectivity index (χ4n) is 6.90. The smallest absolute Gasteiger partial charge is 0.255 e. The van der Waals surface area contributed by atoms with Crippen LogP contribution in [0.5, 0.6) is 5.75 Å². The maximum absolute atomic E-state index is 14.0. The second-order valence-electron chi connectivity index (χ2n) is 11.3. The number of aliphatic hydroxyl groups is 3. The van der Waals surface area contributed by atoms with E-state index in [9.17, 15) is 34.8 Å². The van der Waals surface area contributed by atoms with Gasteiger partial charge >= 0.3 is 0 Å². The van der Waals surface area contributed by atoms with E-state index < -0.39 is 70.4 Å². The largest absolute Gasteiger partial charge is 0.511 e. The zero-order valence-electron chi connectivity index (χ0n) is 23.5. The van der Waals surface area contributed by atoms with E-state index in [2.05, 4.69) is 10.3 Å². The second kappa shape index (κ2) is 10.3. The number of phenolic OH excluding ortho intramolecular Hbond substituents is 1. The van der Waals surface area contributed by atoms with Crippen LogP contribution in [0.15, 0.2) is 70.5 Å². The van der Waals surface area contributed by atoms with Crippen LogP contribution in [0.2, 0.25) is 0 Å². The Hall–Kier alpha value is -4.52. The van der Waals surface area contributed by atoms with Gasteiger partial charge in [0.2, 0.25) is 0 Å². The third kappa shape index (κ3) is 4.24. The third-order valence-corrected chi connectivity index (χ3v) is 9.57. The number of nitrogens with zero attached hydrogens (tertiary/aromatic N) is 2. The number of aliphatic hydroxyl groups excluding tert-OH is 3. The number of benzene rings is 2. The Labute approximate surface area is 250 Å². The van der Waals surface area contributed by atoms with Gasteiger partial charge in [-0.2, -0.15) is 0 Å². The predicted molar refractivity (Wildman–Crippen MR) is 159 cm³/mol. The van der Waals surface area contributed by atoms with Crippen molar-refractivity contribution in [2.24, 2.45) is 23.5 Å². The monoisotopic (exact) mass is 602 g/mol. The first-order valence-corrected chi connectivity index (χ1v) is 14.5. The summed E-state index contributed by atoms with van der Waals surface area (Å²) in [6, 6.07) is 11.8. The van der Waals surface area contributed by atoms with Crippen LogP contribution in [-0.4, -0.2) is 74.0 Å². The molecule has 0 spiro atoms. The van der Waals surface area contributed by atoms with Crippen molar-refractivity contribution in [1.82, 2.24) is 9.88 Å². The SMILES string of the molecule is C[C@H]1c2ccc(Nc3nc(-c4ccccc4)cs3)c(O)c2C(=O)C2=C(O)C3C(=O)C(C(N)=O)=C(O)[C@@H](N(C)C)C3[C@@H](O)C21. The molecule has 0 radical (unpaired) electrons. The van der Waals surface area contributed by atoms with Crippen LogP contribution in [0, 0.1) is 17.8 Å². The number of phenols is 1. The van der Waals surface area contributed by atoms with Gasteiger partial charge in [0.25, 0.3) is 5.91 Å². The predicted octanol–water partition coefficient (Wildman–Crippen LogP) is 3.40. The minimum Gasteiger partial charge on any atom is -0.511 e. The lowest BCUT2D eigenvalue weighted by Gasteiger charge is -2.50. The van der Waals surface area contributed by atoms with Crippen molar-refractivity contribution in [2.75, 3.05) is 19.4 Å². The number of likely N-dealkylation sites (N-methyl/N-ethyl adjacent to an activating group) is 1. The van der Waals surface area contributed by atoms with E-state index in [1.54, 1.807) is 33.2 Å². The van der Waals surface area contributed by atoms with E-state index in [4.69, 9.17) is 5.73 Å². The molecule has 11 nitrogen and oxygen atoms in total. The summed E-state index contributed by atoms with van der Waals surface area (Å²) < 4.78 is 0. The highest BCUT2D eigenvalue weighted by Gasteiger charge is 2.59. The van der Waals surface area contributed by atoms with Crippen LogP contribution in [0.4, 0.5) is 10.8 Å². The number of ketones is 2. The van der Waals surface area contributed by atoms with Crippen molar-refractivity contribution in [3.63, 3.8) is 0 Å².